The number of hydrogen-bond acceptors (Lipinski definition) is 5. The molecule has 6 fully saturated rings. The number of carbonyl (C=O) groups excluding carboxylic acids is 2. The van der Waals surface area contributed by atoms with Crippen molar-refractivity contribution in [2.24, 2.45) is 29.6 Å². The predicted molar refractivity (Wildman–Crippen MR) is 148 cm³/mol. The number of rotatable bonds is 8. The zero-order valence-corrected chi connectivity index (χ0v) is 23.7. The largest absolute Gasteiger partial charge is 0.368 e. The van der Waals surface area contributed by atoms with Crippen molar-refractivity contribution in [1.29, 1.82) is 0 Å². The fraction of sp³-hybridized carbons (Fsp3) is 0.871. The van der Waals surface area contributed by atoms with Crippen LogP contribution in [0, 0.1) is 29.6 Å². The van der Waals surface area contributed by atoms with Gasteiger partial charge in [0.25, 0.3) is 0 Å². The molecule has 4 aliphatic heterocycles. The second-order valence-corrected chi connectivity index (χ2v) is 13.3. The monoisotopic (exact) mass is 526 g/mol. The first-order chi connectivity index (χ1) is 18.5. The second kappa shape index (κ2) is 11.2. The molecule has 6 rings (SSSR count). The molecular formula is C31H50N4O3. The van der Waals surface area contributed by atoms with E-state index in [1.807, 2.05) is 0 Å². The molecule has 2 N–H and O–H groups in total. The van der Waals surface area contributed by atoms with Crippen LogP contribution in [0.4, 0.5) is 0 Å². The third-order valence-corrected chi connectivity index (χ3v) is 11.3. The number of nitrogens with zero attached hydrogens (tertiary/aromatic N) is 2. The Morgan fingerprint density at radius 2 is 1.95 bits per heavy atom. The van der Waals surface area contributed by atoms with Gasteiger partial charge in [-0.25, -0.2) is 0 Å². The fourth-order valence-corrected chi connectivity index (χ4v) is 9.88. The van der Waals surface area contributed by atoms with Gasteiger partial charge in [-0.15, -0.1) is 6.58 Å². The Morgan fingerprint density at radius 3 is 2.76 bits per heavy atom. The van der Waals surface area contributed by atoms with Gasteiger partial charge in [-0.3, -0.25) is 14.5 Å². The van der Waals surface area contributed by atoms with E-state index < -0.39 is 0 Å². The summed E-state index contributed by atoms with van der Waals surface area (Å²) in [7, 11) is 0. The van der Waals surface area contributed by atoms with Crippen molar-refractivity contribution in [3.8, 4) is 0 Å². The molecular weight excluding hydrogens is 476 g/mol. The SMILES string of the molecule is C=C(C)CC1C(OCC(=O)NC[C@H]2CCCN2CC)CCC2C1C1CCNC3C4CCCCC4C(=O)N2C13. The van der Waals surface area contributed by atoms with E-state index in [4.69, 9.17) is 4.74 Å². The van der Waals surface area contributed by atoms with Crippen LogP contribution in [0.3, 0.4) is 0 Å². The van der Waals surface area contributed by atoms with Crippen molar-refractivity contribution in [2.75, 3.05) is 32.8 Å². The minimum absolute atomic E-state index is 0.00850. The summed E-state index contributed by atoms with van der Waals surface area (Å²) in [4.78, 5) is 31.7. The van der Waals surface area contributed by atoms with Crippen LogP contribution in [0.5, 0.6) is 0 Å². The highest BCUT2D eigenvalue weighted by Gasteiger charge is 2.63. The number of ether oxygens (including phenoxy) is 1. The Morgan fingerprint density at radius 1 is 1.11 bits per heavy atom. The molecule has 10 atom stereocenters. The van der Waals surface area contributed by atoms with Gasteiger partial charge in [0.2, 0.25) is 11.8 Å². The van der Waals surface area contributed by atoms with Crippen LogP contribution in [-0.2, 0) is 14.3 Å². The third-order valence-electron chi connectivity index (χ3n) is 11.3. The lowest BCUT2D eigenvalue weighted by Crippen LogP contribution is -2.66. The molecule has 4 saturated heterocycles. The summed E-state index contributed by atoms with van der Waals surface area (Å²) in [5.74, 6) is 2.50. The molecule has 0 bridgehead atoms. The molecule has 0 aromatic rings. The maximum absolute atomic E-state index is 14.0. The van der Waals surface area contributed by atoms with Crippen LogP contribution in [0.2, 0.25) is 0 Å². The molecule has 0 spiro atoms. The number of amides is 2. The van der Waals surface area contributed by atoms with Gasteiger partial charge in [0.1, 0.15) is 6.61 Å². The smallest absolute Gasteiger partial charge is 0.246 e. The molecule has 7 nitrogen and oxygen atoms in total. The first-order valence-corrected chi connectivity index (χ1v) is 15.8. The van der Waals surface area contributed by atoms with Gasteiger partial charge >= 0.3 is 0 Å². The number of allylic oxidation sites excluding steroid dienone is 1. The van der Waals surface area contributed by atoms with E-state index in [-0.39, 0.29) is 24.5 Å². The van der Waals surface area contributed by atoms with E-state index >= 15 is 0 Å². The van der Waals surface area contributed by atoms with Crippen molar-refractivity contribution in [3.05, 3.63) is 12.2 Å². The summed E-state index contributed by atoms with van der Waals surface area (Å²) in [5, 5.41) is 7.06. The van der Waals surface area contributed by atoms with E-state index in [0.29, 0.717) is 53.7 Å². The molecule has 2 saturated carbocycles. The van der Waals surface area contributed by atoms with Crippen LogP contribution in [-0.4, -0.2) is 84.7 Å². The Balaban J connectivity index is 1.16. The van der Waals surface area contributed by atoms with Crippen LogP contribution in [0.25, 0.3) is 0 Å². The number of nitrogens with one attached hydrogen (secondary N) is 2. The molecule has 0 aromatic carbocycles. The Bertz CT molecular complexity index is 910. The van der Waals surface area contributed by atoms with E-state index in [2.05, 4.69) is 40.9 Å². The summed E-state index contributed by atoms with van der Waals surface area (Å²) < 4.78 is 6.46. The van der Waals surface area contributed by atoms with Gasteiger partial charge in [0.05, 0.1) is 12.1 Å². The van der Waals surface area contributed by atoms with Gasteiger partial charge < -0.3 is 20.3 Å². The molecule has 6 aliphatic rings. The van der Waals surface area contributed by atoms with Crippen molar-refractivity contribution >= 4 is 11.8 Å². The normalized spacial score (nSPS) is 42.4. The summed E-state index contributed by atoms with van der Waals surface area (Å²) in [6, 6.07) is 1.58. The van der Waals surface area contributed by atoms with E-state index in [9.17, 15) is 9.59 Å². The lowest BCUT2D eigenvalue weighted by molar-refractivity contribution is -0.152. The first-order valence-electron chi connectivity index (χ1n) is 15.8. The number of likely N-dealkylation sites (tertiary alicyclic amines) is 1. The molecule has 7 heteroatoms. The number of likely N-dealkylation sites (N-methyl/N-ethyl adjacent to an activating group) is 1. The van der Waals surface area contributed by atoms with Gasteiger partial charge in [-0.05, 0) is 102 Å². The summed E-state index contributed by atoms with van der Waals surface area (Å²) in [6.45, 7) is 12.7. The lowest BCUT2D eigenvalue weighted by Gasteiger charge is -2.52. The number of carbonyl (C=O) groups is 2. The average molecular weight is 527 g/mol. The van der Waals surface area contributed by atoms with E-state index in [1.165, 1.54) is 31.3 Å². The van der Waals surface area contributed by atoms with Gasteiger partial charge in [0.15, 0.2) is 0 Å². The lowest BCUT2D eigenvalue weighted by atomic mass is 9.63. The predicted octanol–water partition coefficient (Wildman–Crippen LogP) is 3.34. The highest BCUT2D eigenvalue weighted by Crippen LogP contribution is 2.56. The van der Waals surface area contributed by atoms with Crippen LogP contribution in [0.1, 0.15) is 78.1 Å². The van der Waals surface area contributed by atoms with Crippen molar-refractivity contribution in [1.82, 2.24) is 20.4 Å². The van der Waals surface area contributed by atoms with Crippen LogP contribution < -0.4 is 10.6 Å². The van der Waals surface area contributed by atoms with Crippen LogP contribution in [0.15, 0.2) is 12.2 Å². The minimum atomic E-state index is 0.00850. The fourth-order valence-electron chi connectivity index (χ4n) is 9.88. The first kappa shape index (κ1) is 26.8. The van der Waals surface area contributed by atoms with Crippen molar-refractivity contribution < 1.29 is 14.3 Å². The molecule has 9 unspecified atom stereocenters. The second-order valence-electron chi connectivity index (χ2n) is 13.3. The van der Waals surface area contributed by atoms with Gasteiger partial charge in [0, 0.05) is 30.6 Å². The zero-order valence-electron chi connectivity index (χ0n) is 23.7. The minimum Gasteiger partial charge on any atom is -0.368 e. The van der Waals surface area contributed by atoms with Crippen molar-refractivity contribution in [3.63, 3.8) is 0 Å². The van der Waals surface area contributed by atoms with Gasteiger partial charge in [-0.2, -0.15) is 0 Å². The molecule has 2 amide bonds. The van der Waals surface area contributed by atoms with Crippen molar-refractivity contribution in [2.45, 2.75) is 108 Å². The average Bonchev–Trinajstić information content (AvgIpc) is 3.52. The highest BCUT2D eigenvalue weighted by atomic mass is 16.5. The Kier molecular flexibility index (Phi) is 7.89. The number of fused-ring (bicyclic) bond motifs is 5. The van der Waals surface area contributed by atoms with Gasteiger partial charge in [-0.1, -0.05) is 25.3 Å². The zero-order chi connectivity index (χ0) is 26.4. The summed E-state index contributed by atoms with van der Waals surface area (Å²) in [5.41, 5.74) is 1.19. The number of hydrogen-bond donors (Lipinski definition) is 2. The van der Waals surface area contributed by atoms with Crippen LogP contribution >= 0.6 is 0 Å². The van der Waals surface area contributed by atoms with E-state index in [1.54, 1.807) is 0 Å². The molecule has 38 heavy (non-hydrogen) atoms. The Labute approximate surface area is 229 Å². The molecule has 2 aliphatic carbocycles. The molecule has 0 radical (unpaired) electrons. The summed E-state index contributed by atoms with van der Waals surface area (Å²) in [6.07, 6.45) is 11.2. The van der Waals surface area contributed by atoms with E-state index in [0.717, 1.165) is 64.7 Å². The highest BCUT2D eigenvalue weighted by molar-refractivity contribution is 5.82. The molecule has 212 valence electrons. The maximum Gasteiger partial charge on any atom is 0.246 e. The quantitative estimate of drug-likeness (QED) is 0.475. The number of piperidine rings is 2. The summed E-state index contributed by atoms with van der Waals surface area (Å²) >= 11 is 0. The topological polar surface area (TPSA) is 73.9 Å². The Hall–Kier alpha value is -1.44. The molecule has 4 heterocycles. The maximum atomic E-state index is 14.0. The molecule has 0 aromatic heterocycles. The third kappa shape index (κ3) is 4.75. The standard InChI is InChI=1S/C31H50N4O3/c1-4-34-15-7-8-20(34)17-33-27(36)18-38-26-12-11-25-28(24(26)16-19(2)3)23-13-14-32-29-21-9-5-6-10-22(21)31(37)35(25)30(23)29/h20-26,28-30,32H,2,4-18H2,1,3H3,(H,33,36)/t20-,21?,22?,23?,24?,25?,26?,28?,29?,30?/m1/s1.